The van der Waals surface area contributed by atoms with Gasteiger partial charge in [-0.25, -0.2) is 4.79 Å². The van der Waals surface area contributed by atoms with Crippen molar-refractivity contribution in [3.05, 3.63) is 48.2 Å². The lowest BCUT2D eigenvalue weighted by Gasteiger charge is -1.98. The molecular weight excluding hydrogens is 192 g/mol. The molecule has 1 N–H and O–H groups in total. The lowest BCUT2D eigenvalue weighted by atomic mass is 10.1. The van der Waals surface area contributed by atoms with Crippen LogP contribution in [0.25, 0.3) is 11.3 Å². The summed E-state index contributed by atoms with van der Waals surface area (Å²) in [4.78, 5) is 10.5. The number of hydrogen-bond acceptors (Lipinski definition) is 3. The van der Waals surface area contributed by atoms with Crippen LogP contribution in [0.15, 0.2) is 42.5 Å². The second kappa shape index (κ2) is 3.88. The first kappa shape index (κ1) is 9.33. The normalized spacial score (nSPS) is 9.87. The van der Waals surface area contributed by atoms with Crippen LogP contribution < -0.4 is 0 Å². The minimum absolute atomic E-state index is 0.0466. The minimum atomic E-state index is -1.07. The fourth-order valence-electron chi connectivity index (χ4n) is 1.21. The first-order valence-electron chi connectivity index (χ1n) is 4.40. The molecule has 15 heavy (non-hydrogen) atoms. The molecule has 0 saturated heterocycles. The Morgan fingerprint density at radius 1 is 1.00 bits per heavy atom. The molecule has 2 aromatic rings. The summed E-state index contributed by atoms with van der Waals surface area (Å²) in [7, 11) is 0. The van der Waals surface area contributed by atoms with Gasteiger partial charge in [-0.3, -0.25) is 0 Å². The maximum atomic E-state index is 10.5. The highest BCUT2D eigenvalue weighted by Gasteiger charge is 2.05. The fourth-order valence-corrected chi connectivity index (χ4v) is 1.21. The largest absolute Gasteiger partial charge is 0.476 e. The third-order valence-corrected chi connectivity index (χ3v) is 1.95. The zero-order valence-corrected chi connectivity index (χ0v) is 7.79. The van der Waals surface area contributed by atoms with E-state index in [1.807, 2.05) is 30.3 Å². The van der Waals surface area contributed by atoms with Gasteiger partial charge >= 0.3 is 5.97 Å². The van der Waals surface area contributed by atoms with Crippen LogP contribution in [0, 0.1) is 0 Å². The van der Waals surface area contributed by atoms with Crippen LogP contribution in [0.3, 0.4) is 0 Å². The second-order valence-electron chi connectivity index (χ2n) is 2.97. The van der Waals surface area contributed by atoms with Gasteiger partial charge in [0.25, 0.3) is 0 Å². The number of carboxylic acids is 1. The average molecular weight is 200 g/mol. The van der Waals surface area contributed by atoms with E-state index in [1.165, 1.54) is 6.07 Å². The van der Waals surface area contributed by atoms with Gasteiger partial charge in [-0.05, 0) is 12.1 Å². The molecule has 4 nitrogen and oxygen atoms in total. The zero-order chi connectivity index (χ0) is 10.7. The van der Waals surface area contributed by atoms with E-state index in [0.717, 1.165) is 5.56 Å². The van der Waals surface area contributed by atoms with Crippen molar-refractivity contribution in [2.24, 2.45) is 0 Å². The van der Waals surface area contributed by atoms with Gasteiger partial charge in [0.2, 0.25) is 0 Å². The van der Waals surface area contributed by atoms with E-state index in [9.17, 15) is 4.79 Å². The topological polar surface area (TPSA) is 63.1 Å². The van der Waals surface area contributed by atoms with E-state index < -0.39 is 5.97 Å². The van der Waals surface area contributed by atoms with Crippen LogP contribution in [-0.2, 0) is 0 Å². The van der Waals surface area contributed by atoms with Gasteiger partial charge in [0.15, 0.2) is 5.69 Å². The van der Waals surface area contributed by atoms with Crippen LogP contribution >= 0.6 is 0 Å². The molecule has 4 heteroatoms. The summed E-state index contributed by atoms with van der Waals surface area (Å²) < 4.78 is 0. The molecule has 0 saturated carbocycles. The summed E-state index contributed by atoms with van der Waals surface area (Å²) in [5, 5.41) is 16.1. The van der Waals surface area contributed by atoms with Crippen molar-refractivity contribution >= 4 is 5.97 Å². The van der Waals surface area contributed by atoms with Crippen molar-refractivity contribution < 1.29 is 9.90 Å². The smallest absolute Gasteiger partial charge is 0.356 e. The Hall–Kier alpha value is -2.23. The van der Waals surface area contributed by atoms with Crippen molar-refractivity contribution in [1.82, 2.24) is 10.2 Å². The summed E-state index contributed by atoms with van der Waals surface area (Å²) in [5.41, 5.74) is 1.54. The Kier molecular flexibility index (Phi) is 2.41. The van der Waals surface area contributed by atoms with Gasteiger partial charge in [0, 0.05) is 5.56 Å². The molecule has 0 fully saturated rings. The Bertz CT molecular complexity index is 466. The number of nitrogens with zero attached hydrogens (tertiary/aromatic N) is 2. The van der Waals surface area contributed by atoms with E-state index in [4.69, 9.17) is 5.11 Å². The molecule has 0 amide bonds. The van der Waals surface area contributed by atoms with Crippen LogP contribution in [0.4, 0.5) is 0 Å². The van der Waals surface area contributed by atoms with Crippen molar-refractivity contribution in [3.63, 3.8) is 0 Å². The first-order valence-corrected chi connectivity index (χ1v) is 4.40. The summed E-state index contributed by atoms with van der Waals surface area (Å²) in [5.74, 6) is -1.07. The molecule has 1 aromatic carbocycles. The molecule has 0 radical (unpaired) electrons. The third-order valence-electron chi connectivity index (χ3n) is 1.95. The van der Waals surface area contributed by atoms with Crippen LogP contribution in [0.1, 0.15) is 10.5 Å². The second-order valence-corrected chi connectivity index (χ2v) is 2.97. The summed E-state index contributed by atoms with van der Waals surface area (Å²) in [6.07, 6.45) is 0. The number of carboxylic acid groups (broad SMARTS) is 1. The molecular formula is C11H8N2O2. The van der Waals surface area contributed by atoms with Crippen molar-refractivity contribution in [3.8, 4) is 11.3 Å². The van der Waals surface area contributed by atoms with Gasteiger partial charge in [0.05, 0.1) is 5.69 Å². The quantitative estimate of drug-likeness (QED) is 0.803. The number of aromatic carboxylic acids is 1. The average Bonchev–Trinajstić information content (AvgIpc) is 2.30. The minimum Gasteiger partial charge on any atom is -0.476 e. The molecule has 2 rings (SSSR count). The number of benzene rings is 1. The van der Waals surface area contributed by atoms with Crippen LogP contribution in [0.5, 0.6) is 0 Å². The molecule has 0 aliphatic carbocycles. The standard InChI is InChI=1S/C11H8N2O2/c14-11(15)10-7-6-9(12-13-10)8-4-2-1-3-5-8/h1-7H,(H,14,15). The third kappa shape index (κ3) is 1.99. The Balaban J connectivity index is 2.36. The summed E-state index contributed by atoms with van der Waals surface area (Å²) >= 11 is 0. The van der Waals surface area contributed by atoms with E-state index in [2.05, 4.69) is 10.2 Å². The highest BCUT2D eigenvalue weighted by Crippen LogP contribution is 2.14. The molecule has 0 spiro atoms. The zero-order valence-electron chi connectivity index (χ0n) is 7.79. The van der Waals surface area contributed by atoms with Crippen molar-refractivity contribution in [1.29, 1.82) is 0 Å². The van der Waals surface area contributed by atoms with Gasteiger partial charge in [-0.1, -0.05) is 30.3 Å². The maximum Gasteiger partial charge on any atom is 0.356 e. The molecule has 74 valence electrons. The number of hydrogen-bond donors (Lipinski definition) is 1. The Labute approximate surface area is 86.2 Å². The molecule has 0 unspecified atom stereocenters. The first-order chi connectivity index (χ1) is 7.27. The van der Waals surface area contributed by atoms with Crippen molar-refractivity contribution in [2.75, 3.05) is 0 Å². The molecule has 0 aliphatic rings. The lowest BCUT2D eigenvalue weighted by Crippen LogP contribution is -2.01. The maximum absolute atomic E-state index is 10.5. The fraction of sp³-hybridized carbons (Fsp3) is 0. The van der Waals surface area contributed by atoms with E-state index in [0.29, 0.717) is 5.69 Å². The highest BCUT2D eigenvalue weighted by molar-refractivity contribution is 5.85. The monoisotopic (exact) mass is 200 g/mol. The SMILES string of the molecule is O=C(O)c1ccc(-c2ccccc2)nn1. The van der Waals surface area contributed by atoms with E-state index >= 15 is 0 Å². The number of rotatable bonds is 2. The molecule has 1 heterocycles. The van der Waals surface area contributed by atoms with Crippen LogP contribution in [0.2, 0.25) is 0 Å². The molecule has 0 bridgehead atoms. The van der Waals surface area contributed by atoms with Crippen LogP contribution in [-0.4, -0.2) is 21.3 Å². The summed E-state index contributed by atoms with van der Waals surface area (Å²) in [6.45, 7) is 0. The highest BCUT2D eigenvalue weighted by atomic mass is 16.4. The Morgan fingerprint density at radius 3 is 2.27 bits per heavy atom. The van der Waals surface area contributed by atoms with E-state index in [-0.39, 0.29) is 5.69 Å². The predicted octanol–water partition coefficient (Wildman–Crippen LogP) is 1.84. The molecule has 0 atom stereocenters. The van der Waals surface area contributed by atoms with E-state index in [1.54, 1.807) is 6.07 Å². The predicted molar refractivity (Wildman–Crippen MR) is 54.4 cm³/mol. The molecule has 1 aromatic heterocycles. The Morgan fingerprint density at radius 2 is 1.73 bits per heavy atom. The lowest BCUT2D eigenvalue weighted by molar-refractivity contribution is 0.0689. The van der Waals surface area contributed by atoms with Gasteiger partial charge in [-0.15, -0.1) is 10.2 Å². The van der Waals surface area contributed by atoms with Gasteiger partial charge in [0.1, 0.15) is 0 Å². The number of aromatic nitrogens is 2. The van der Waals surface area contributed by atoms with Gasteiger partial charge in [-0.2, -0.15) is 0 Å². The summed E-state index contributed by atoms with van der Waals surface area (Å²) in [6, 6.07) is 12.6. The van der Waals surface area contributed by atoms with Gasteiger partial charge < -0.3 is 5.11 Å². The van der Waals surface area contributed by atoms with Crippen molar-refractivity contribution in [2.45, 2.75) is 0 Å². The number of carbonyl (C=O) groups is 1. The molecule has 0 aliphatic heterocycles.